The van der Waals surface area contributed by atoms with Gasteiger partial charge in [-0.1, -0.05) is 230 Å². The number of nitrogens with one attached hydrogen (secondary N) is 2. The zero-order chi connectivity index (χ0) is 45.6. The highest BCUT2D eigenvalue weighted by Crippen LogP contribution is 2.35. The summed E-state index contributed by atoms with van der Waals surface area (Å²) in [6.45, 7) is 72.6. The fourth-order valence-corrected chi connectivity index (χ4v) is 5.93. The molecule has 334 valence electrons. The molecule has 0 heterocycles. The second-order valence-corrected chi connectivity index (χ2v) is 20.1. The third kappa shape index (κ3) is 37.6. The second-order valence-electron chi connectivity index (χ2n) is 20.1. The van der Waals surface area contributed by atoms with Crippen LogP contribution in [0.4, 0.5) is 0 Å². The van der Waals surface area contributed by atoms with Gasteiger partial charge in [-0.05, 0) is 93.3 Å². The van der Waals surface area contributed by atoms with Crippen molar-refractivity contribution in [2.24, 2.45) is 39.9 Å². The topological polar surface area (TPSA) is 24.1 Å². The van der Waals surface area contributed by atoms with Crippen molar-refractivity contribution < 1.29 is 0 Å². The van der Waals surface area contributed by atoms with E-state index >= 15 is 0 Å². The third-order valence-corrected chi connectivity index (χ3v) is 10.8. The summed E-state index contributed by atoms with van der Waals surface area (Å²) in [5, 5.41) is 7.10. The van der Waals surface area contributed by atoms with Gasteiger partial charge in [0, 0.05) is 6.04 Å². The minimum atomic E-state index is 0.103. The highest BCUT2D eigenvalue weighted by molar-refractivity contribution is 5.24. The summed E-state index contributed by atoms with van der Waals surface area (Å²) in [5.74, 6) is 4.12. The average Bonchev–Trinajstić information content (AvgIpc) is 3.92. The lowest BCUT2D eigenvalue weighted by Gasteiger charge is -2.37. The largest absolute Gasteiger partial charge is 0.369 e. The summed E-state index contributed by atoms with van der Waals surface area (Å²) in [6.07, 6.45) is 14.2. The standard InChI is InChI=1S/C20H38N2.C13H26.C10H18.C5H10.C4H10.C2H6/c1-14(2)12-13-17(19(6,7)8)21-16(5)22-18(15(3)4)20(9,10)11;1-8-12(13(5,6)7)9-11(4)10(2)3;1-6-7-9(4)10(5)8(2)3;1-2-5-3-4-5;1-3-4-2;1-2/h17-18,21-22H,1,3,5,12-13H2,2,4,6-11H3;11-12H,2,8-9H2,1,3-7H3;9H,2,5-7H2,1,3-4H3;5H,2-4H2,1H3;3-4H2,1-2H3;1-2H3. The Labute approximate surface area is 357 Å². The molecule has 0 aromatic carbocycles. The molecule has 0 saturated heterocycles. The van der Waals surface area contributed by atoms with Gasteiger partial charge in [0.25, 0.3) is 0 Å². The SMILES string of the molecule is C=C(C)C(=C)C(C)CCC.C=C(C)C(C)CC(CC)C(C)(C)C.C=C(C)CCC(NC(=C)NC(C(=C)C)C(C)(C)C)C(C)(C)C.CC.CCC1CC1.CCCC. The first-order chi connectivity index (χ1) is 25.5. The van der Waals surface area contributed by atoms with Crippen LogP contribution >= 0.6 is 0 Å². The predicted octanol–water partition coefficient (Wildman–Crippen LogP) is 18.3. The molecule has 0 aromatic rings. The molecule has 0 amide bonds. The molecule has 2 N–H and O–H groups in total. The van der Waals surface area contributed by atoms with Gasteiger partial charge in [-0.3, -0.25) is 0 Å². The maximum absolute atomic E-state index is 4.19. The maximum atomic E-state index is 4.19. The number of rotatable bonds is 18. The van der Waals surface area contributed by atoms with Gasteiger partial charge >= 0.3 is 0 Å². The minimum Gasteiger partial charge on any atom is -0.369 e. The van der Waals surface area contributed by atoms with Crippen LogP contribution in [0.5, 0.6) is 0 Å². The van der Waals surface area contributed by atoms with E-state index in [4.69, 9.17) is 0 Å². The van der Waals surface area contributed by atoms with Gasteiger partial charge in [0.15, 0.2) is 0 Å². The molecule has 1 saturated carbocycles. The van der Waals surface area contributed by atoms with Crippen LogP contribution in [-0.4, -0.2) is 12.1 Å². The van der Waals surface area contributed by atoms with Crippen LogP contribution in [0.2, 0.25) is 0 Å². The zero-order valence-corrected chi connectivity index (χ0v) is 43.0. The molecule has 2 heteroatoms. The highest BCUT2D eigenvalue weighted by Gasteiger charge is 2.28. The van der Waals surface area contributed by atoms with Gasteiger partial charge in [-0.25, -0.2) is 0 Å². The molecule has 5 atom stereocenters. The smallest absolute Gasteiger partial charge is 0.0919 e. The summed E-state index contributed by atoms with van der Waals surface area (Å²) in [6, 6.07) is 0.559. The third-order valence-electron chi connectivity index (χ3n) is 10.8. The van der Waals surface area contributed by atoms with E-state index in [0.29, 0.717) is 23.3 Å². The molecule has 56 heavy (non-hydrogen) atoms. The average molecular weight is 785 g/mol. The molecule has 1 fully saturated rings. The first-order valence-electron chi connectivity index (χ1n) is 23.0. The first kappa shape index (κ1) is 63.2. The number of hydrogen-bond donors (Lipinski definition) is 2. The number of hydrogen-bond acceptors (Lipinski definition) is 2. The van der Waals surface area contributed by atoms with Crippen molar-refractivity contribution in [1.29, 1.82) is 0 Å². The van der Waals surface area contributed by atoms with Gasteiger partial charge in [-0.15, -0.1) is 6.58 Å². The van der Waals surface area contributed by atoms with E-state index in [1.165, 1.54) is 74.5 Å². The van der Waals surface area contributed by atoms with Crippen molar-refractivity contribution in [1.82, 2.24) is 10.6 Å². The van der Waals surface area contributed by atoms with Crippen LogP contribution in [0.15, 0.2) is 73.2 Å². The fraction of sp³-hybridized carbons (Fsp3) is 0.778. The molecule has 1 aliphatic rings. The molecule has 0 bridgehead atoms. The minimum absolute atomic E-state index is 0.103. The van der Waals surface area contributed by atoms with Gasteiger partial charge < -0.3 is 10.6 Å². The second kappa shape index (κ2) is 34.0. The van der Waals surface area contributed by atoms with Gasteiger partial charge in [0.1, 0.15) is 0 Å². The van der Waals surface area contributed by atoms with Crippen LogP contribution in [0.1, 0.15) is 223 Å². The normalized spacial score (nSPS) is 14.8. The van der Waals surface area contributed by atoms with E-state index in [2.05, 4.69) is 182 Å². The summed E-state index contributed by atoms with van der Waals surface area (Å²) in [5.41, 5.74) is 6.73. The molecule has 2 nitrogen and oxygen atoms in total. The van der Waals surface area contributed by atoms with Crippen molar-refractivity contribution in [2.45, 2.75) is 235 Å². The Bertz CT molecular complexity index is 1040. The molecule has 0 aromatic heterocycles. The van der Waals surface area contributed by atoms with E-state index < -0.39 is 0 Å². The Hall–Kier alpha value is -1.96. The van der Waals surface area contributed by atoms with Crippen molar-refractivity contribution in [3.05, 3.63) is 73.2 Å². The zero-order valence-electron chi connectivity index (χ0n) is 43.0. The number of allylic oxidation sites excluding steroid dienone is 4. The van der Waals surface area contributed by atoms with Gasteiger partial charge in [0.2, 0.25) is 0 Å². The van der Waals surface area contributed by atoms with Crippen LogP contribution in [0.3, 0.4) is 0 Å². The Kier molecular flexibility index (Phi) is 38.3. The van der Waals surface area contributed by atoms with E-state index in [0.717, 1.165) is 41.6 Å². The monoisotopic (exact) mass is 785 g/mol. The molecule has 1 aliphatic carbocycles. The Morgan fingerprint density at radius 1 is 0.607 bits per heavy atom. The Balaban J connectivity index is -0.000000215. The molecular formula is C54H108N2. The lowest BCUT2D eigenvalue weighted by Crippen LogP contribution is -2.48. The first-order valence-corrected chi connectivity index (χ1v) is 23.0. The lowest BCUT2D eigenvalue weighted by molar-refractivity contribution is 0.201. The summed E-state index contributed by atoms with van der Waals surface area (Å²) >= 11 is 0. The fourth-order valence-electron chi connectivity index (χ4n) is 5.93. The molecule has 1 rings (SSSR count). The highest BCUT2D eigenvalue weighted by atomic mass is 15.1. The molecular weight excluding hydrogens is 677 g/mol. The number of unbranched alkanes of at least 4 members (excludes halogenated alkanes) is 1. The lowest BCUT2D eigenvalue weighted by atomic mass is 9.74. The molecule has 0 radical (unpaired) electrons. The van der Waals surface area contributed by atoms with Crippen LogP contribution in [0, 0.1) is 39.9 Å². The summed E-state index contributed by atoms with van der Waals surface area (Å²) < 4.78 is 0. The Morgan fingerprint density at radius 3 is 1.30 bits per heavy atom. The van der Waals surface area contributed by atoms with Crippen LogP contribution in [0.25, 0.3) is 0 Å². The quantitative estimate of drug-likeness (QED) is 0.107. The predicted molar refractivity (Wildman–Crippen MR) is 266 cm³/mol. The van der Waals surface area contributed by atoms with E-state index in [1.807, 2.05) is 20.8 Å². The summed E-state index contributed by atoms with van der Waals surface area (Å²) in [4.78, 5) is 0. The molecule has 5 unspecified atom stereocenters. The van der Waals surface area contributed by atoms with Crippen molar-refractivity contribution >= 4 is 0 Å². The molecule has 0 spiro atoms. The van der Waals surface area contributed by atoms with E-state index in [-0.39, 0.29) is 16.9 Å². The van der Waals surface area contributed by atoms with Crippen molar-refractivity contribution in [2.75, 3.05) is 0 Å². The van der Waals surface area contributed by atoms with E-state index in [1.54, 1.807) is 0 Å². The van der Waals surface area contributed by atoms with Crippen molar-refractivity contribution in [3.8, 4) is 0 Å². The van der Waals surface area contributed by atoms with Gasteiger partial charge in [0.05, 0.1) is 11.9 Å². The van der Waals surface area contributed by atoms with Gasteiger partial charge in [-0.2, -0.15) is 0 Å². The Morgan fingerprint density at radius 2 is 1.07 bits per heavy atom. The van der Waals surface area contributed by atoms with E-state index in [9.17, 15) is 0 Å². The van der Waals surface area contributed by atoms with Crippen LogP contribution in [-0.2, 0) is 0 Å². The molecule has 0 aliphatic heterocycles. The summed E-state index contributed by atoms with van der Waals surface area (Å²) in [7, 11) is 0. The maximum Gasteiger partial charge on any atom is 0.0919 e. The van der Waals surface area contributed by atoms with Crippen LogP contribution < -0.4 is 10.6 Å². The van der Waals surface area contributed by atoms with Crippen molar-refractivity contribution in [3.63, 3.8) is 0 Å².